The number of hydrogen-bond acceptors (Lipinski definition) is 4. The number of hydrogen-bond donors (Lipinski definition) is 1. The largest absolute Gasteiger partial charge is 0.356 e. The van der Waals surface area contributed by atoms with Gasteiger partial charge in [0.25, 0.3) is 0 Å². The van der Waals surface area contributed by atoms with Gasteiger partial charge in [-0.1, -0.05) is 25.4 Å². The Morgan fingerprint density at radius 2 is 2.23 bits per heavy atom. The summed E-state index contributed by atoms with van der Waals surface area (Å²) >= 11 is 6.48. The van der Waals surface area contributed by atoms with E-state index in [4.69, 9.17) is 16.6 Å². The second-order valence-electron chi connectivity index (χ2n) is 7.56. The van der Waals surface area contributed by atoms with Gasteiger partial charge in [-0.05, 0) is 55.4 Å². The van der Waals surface area contributed by atoms with Crippen LogP contribution >= 0.6 is 11.6 Å². The van der Waals surface area contributed by atoms with E-state index in [9.17, 15) is 0 Å². The zero-order chi connectivity index (χ0) is 18.1. The van der Waals surface area contributed by atoms with Crippen molar-refractivity contribution in [2.75, 3.05) is 18.0 Å². The van der Waals surface area contributed by atoms with E-state index in [0.29, 0.717) is 10.7 Å². The summed E-state index contributed by atoms with van der Waals surface area (Å²) in [7, 11) is 0. The lowest BCUT2D eigenvalue weighted by Crippen LogP contribution is -2.36. The third kappa shape index (κ3) is 3.40. The zero-order valence-electron chi connectivity index (χ0n) is 15.2. The summed E-state index contributed by atoms with van der Waals surface area (Å²) < 4.78 is 0. The molecule has 6 heteroatoms. The van der Waals surface area contributed by atoms with Gasteiger partial charge in [0.05, 0.1) is 10.7 Å². The molecule has 4 heterocycles. The van der Waals surface area contributed by atoms with Gasteiger partial charge < -0.3 is 4.90 Å². The number of aromatic nitrogens is 4. The molecule has 1 atom stereocenters. The third-order valence-electron chi connectivity index (χ3n) is 5.05. The van der Waals surface area contributed by atoms with Crippen LogP contribution in [0.3, 0.4) is 0 Å². The maximum absolute atomic E-state index is 6.48. The van der Waals surface area contributed by atoms with Gasteiger partial charge in [0.2, 0.25) is 0 Å². The lowest BCUT2D eigenvalue weighted by atomic mass is 9.90. The molecule has 0 saturated carbocycles. The monoisotopic (exact) mass is 379 g/mol. The van der Waals surface area contributed by atoms with E-state index in [1.54, 1.807) is 6.20 Å². The predicted octanol–water partition coefficient (Wildman–Crippen LogP) is 6.17. The fraction of sp³-hybridized carbons (Fsp3) is 0.450. The summed E-state index contributed by atoms with van der Waals surface area (Å²) in [6, 6.07) is 7.86. The summed E-state index contributed by atoms with van der Waals surface area (Å²) in [5.74, 6) is 2.46. The van der Waals surface area contributed by atoms with Gasteiger partial charge in [-0.2, -0.15) is 5.10 Å². The van der Waals surface area contributed by atoms with Crippen molar-refractivity contribution >= 4 is 28.5 Å². The summed E-state index contributed by atoms with van der Waals surface area (Å²) in [5.41, 5.74) is 2.25. The first-order valence-electron chi connectivity index (χ1n) is 9.32. The van der Waals surface area contributed by atoms with E-state index in [2.05, 4.69) is 33.9 Å². The molecule has 1 N–H and O–H groups in total. The molecule has 3 aromatic rings. The number of piperidine rings is 1. The number of H-pyrrole nitrogens is 1. The van der Waals surface area contributed by atoms with Gasteiger partial charge in [0.15, 0.2) is 5.65 Å². The highest BCUT2D eigenvalue weighted by Gasteiger charge is 2.23. The van der Waals surface area contributed by atoms with Gasteiger partial charge in [-0.15, -0.1) is 0 Å². The fourth-order valence-corrected chi connectivity index (χ4v) is 4.15. The quantitative estimate of drug-likeness (QED) is 0.589. The third-order valence-corrected chi connectivity index (χ3v) is 5.35. The smallest absolute Gasteiger partial charge is 0.181 e. The Morgan fingerprint density at radius 3 is 3.08 bits per heavy atom. The molecule has 1 saturated heterocycles. The molecule has 0 bridgehead atoms. The Balaban J connectivity index is 0. The first-order valence-corrected chi connectivity index (χ1v) is 9.70. The van der Waals surface area contributed by atoms with E-state index in [0.717, 1.165) is 47.5 Å². The van der Waals surface area contributed by atoms with Crippen LogP contribution in [0.5, 0.6) is 0 Å². The average Bonchev–Trinajstić information content (AvgIpc) is 3.06. The minimum Gasteiger partial charge on any atom is -0.356 e. The van der Waals surface area contributed by atoms with E-state index >= 15 is 0 Å². The normalized spacial score (nSPS) is 18.0. The van der Waals surface area contributed by atoms with Crippen molar-refractivity contribution in [2.24, 2.45) is 11.8 Å². The average molecular weight is 380 g/mol. The lowest BCUT2D eigenvalue weighted by molar-refractivity contribution is 0.346. The van der Waals surface area contributed by atoms with Crippen LogP contribution in [0, 0.1) is 11.8 Å². The highest BCUT2D eigenvalue weighted by Crippen LogP contribution is 2.33. The molecule has 1 aliphatic rings. The number of rotatable bonds is 4. The number of aromatic amines is 1. The number of nitrogens with zero attached hydrogens (tertiary/aromatic N) is 4. The Morgan fingerprint density at radius 1 is 1.35 bits per heavy atom. The van der Waals surface area contributed by atoms with Gasteiger partial charge in [-0.25, -0.2) is 9.97 Å². The van der Waals surface area contributed by atoms with Gasteiger partial charge >= 0.3 is 0 Å². The number of halogens is 1. The minimum absolute atomic E-state index is 0. The van der Waals surface area contributed by atoms with Crippen LogP contribution in [-0.2, 0) is 0 Å². The Bertz CT molecular complexity index is 924. The summed E-state index contributed by atoms with van der Waals surface area (Å²) in [5, 5.41) is 8.90. The van der Waals surface area contributed by atoms with Crippen LogP contribution < -0.4 is 4.90 Å². The molecule has 4 rings (SSSR count). The molecule has 0 radical (unpaired) electrons. The first kappa shape index (κ1) is 17.3. The molecular weight excluding hydrogens is 346 g/mol. The van der Waals surface area contributed by atoms with Crippen LogP contribution in [-0.4, -0.2) is 33.3 Å². The molecule has 3 aromatic heterocycles. The number of fused-ring (bicyclic) bond motifs is 1. The molecule has 0 aliphatic carbocycles. The molecule has 26 heavy (non-hydrogen) atoms. The topological polar surface area (TPSA) is 57.7 Å². The molecule has 1 fully saturated rings. The van der Waals surface area contributed by atoms with E-state index in [-0.39, 0.29) is 7.13 Å². The molecule has 0 aromatic carbocycles. The predicted molar refractivity (Wildman–Crippen MR) is 117 cm³/mol. The number of nitrogens with one attached hydrogen (secondary N) is 1. The second-order valence-corrected chi connectivity index (χ2v) is 7.96. The Hall–Kier alpha value is -2.14. The molecule has 0 amide bonds. The van der Waals surface area contributed by atoms with Crippen molar-refractivity contribution in [3.8, 4) is 11.4 Å². The molecular formula is C20H34ClN5. The molecule has 1 aliphatic heterocycles. The first-order chi connectivity index (χ1) is 12.6. The molecule has 0 unspecified atom stereocenters. The molecule has 5 nitrogen and oxygen atoms in total. The van der Waals surface area contributed by atoms with E-state index < -0.39 is 0 Å². The van der Waals surface area contributed by atoms with E-state index in [1.807, 2.05) is 24.3 Å². The van der Waals surface area contributed by atoms with Crippen LogP contribution in [0.2, 0.25) is 5.02 Å². The maximum atomic E-state index is 6.48. The van der Waals surface area contributed by atoms with Crippen molar-refractivity contribution < 1.29 is 7.13 Å². The van der Waals surface area contributed by atoms with Gasteiger partial charge in [0, 0.05) is 31.8 Å². The van der Waals surface area contributed by atoms with Crippen molar-refractivity contribution in [3.05, 3.63) is 35.5 Å². The van der Waals surface area contributed by atoms with Gasteiger partial charge in [0.1, 0.15) is 11.5 Å². The van der Waals surface area contributed by atoms with Crippen LogP contribution in [0.4, 0.5) is 5.82 Å². The van der Waals surface area contributed by atoms with Crippen molar-refractivity contribution in [1.29, 1.82) is 0 Å². The number of anilines is 1. The summed E-state index contributed by atoms with van der Waals surface area (Å²) in [4.78, 5) is 11.6. The van der Waals surface area contributed by atoms with Crippen molar-refractivity contribution in [2.45, 2.75) is 33.1 Å². The van der Waals surface area contributed by atoms with Crippen molar-refractivity contribution in [3.63, 3.8) is 0 Å². The maximum Gasteiger partial charge on any atom is 0.181 e. The summed E-state index contributed by atoms with van der Waals surface area (Å²) in [6.07, 6.45) is 5.54. The fourth-order valence-electron chi connectivity index (χ4n) is 3.95. The number of pyridine rings is 2. The van der Waals surface area contributed by atoms with Crippen molar-refractivity contribution in [1.82, 2.24) is 20.2 Å². The Labute approximate surface area is 166 Å². The van der Waals surface area contributed by atoms with Crippen LogP contribution in [0.25, 0.3) is 22.4 Å². The SMILES string of the molecule is CC(C)C[C@H]1CCCN(c2ccc(Cl)c(-c3[nH]nc4ncccc34)n2)C1.[HH].[HH].[HH].[HH].[HH]. The second kappa shape index (κ2) is 7.23. The highest BCUT2D eigenvalue weighted by molar-refractivity contribution is 6.33. The van der Waals surface area contributed by atoms with Crippen LogP contribution in [0.15, 0.2) is 30.5 Å². The summed E-state index contributed by atoms with van der Waals surface area (Å²) in [6.45, 7) is 6.72. The van der Waals surface area contributed by atoms with Crippen LogP contribution in [0.1, 0.15) is 40.2 Å². The molecule has 0 spiro atoms. The standard InChI is InChI=1S/C20H24ClN5.5H2/c1-13(2)11-14-5-4-10-26(12-14)17-8-7-16(21)19(23-17)18-15-6-3-9-22-20(15)25-24-18;;;;;/h3,6-9,13-14H,4-5,10-12H2,1-2H3,(H,22,24,25);5*1H/t14-;;;;;/m1...../s1. The van der Waals surface area contributed by atoms with Gasteiger partial charge in [-0.3, -0.25) is 5.10 Å². The highest BCUT2D eigenvalue weighted by atomic mass is 35.5. The minimum atomic E-state index is 0. The lowest BCUT2D eigenvalue weighted by Gasteiger charge is -2.34. The zero-order valence-corrected chi connectivity index (χ0v) is 16.0. The van der Waals surface area contributed by atoms with E-state index in [1.165, 1.54) is 19.3 Å². The molecule has 146 valence electrons. The Kier molecular flexibility index (Phi) is 4.81.